The van der Waals surface area contributed by atoms with Crippen LogP contribution in [0.15, 0.2) is 35.5 Å². The second-order valence-electron chi connectivity index (χ2n) is 7.35. The molecule has 1 aliphatic rings. The number of nitrogens with one attached hydrogen (secondary N) is 3. The van der Waals surface area contributed by atoms with Gasteiger partial charge >= 0.3 is 0 Å². The highest BCUT2D eigenvalue weighted by molar-refractivity contribution is 7.89. The summed E-state index contributed by atoms with van der Waals surface area (Å²) in [5.74, 6) is -0.744. The van der Waals surface area contributed by atoms with Crippen LogP contribution in [0, 0.1) is 5.41 Å². The van der Waals surface area contributed by atoms with E-state index in [4.69, 9.17) is 27.7 Å². The average molecular weight is 505 g/mol. The molecule has 13 heteroatoms. The first kappa shape index (κ1) is 26.1. The summed E-state index contributed by atoms with van der Waals surface area (Å²) < 4.78 is 34.9. The Kier molecular flexibility index (Phi) is 8.66. The smallest absolute Gasteiger partial charge is 0.241 e. The van der Waals surface area contributed by atoms with E-state index in [1.807, 2.05) is 0 Å². The number of ether oxygens (including phenoxy) is 1. The number of aromatic nitrogens is 1. The maximum Gasteiger partial charge on any atom is 0.241 e. The van der Waals surface area contributed by atoms with E-state index in [9.17, 15) is 13.2 Å². The molecule has 1 amide bonds. The number of halogens is 2. The molecule has 0 aliphatic heterocycles. The van der Waals surface area contributed by atoms with Gasteiger partial charge in [-0.3, -0.25) is 15.2 Å². The van der Waals surface area contributed by atoms with E-state index < -0.39 is 21.5 Å². The van der Waals surface area contributed by atoms with Crippen molar-refractivity contribution in [3.63, 3.8) is 0 Å². The van der Waals surface area contributed by atoms with Gasteiger partial charge in [-0.15, -0.1) is 12.4 Å². The lowest BCUT2D eigenvalue weighted by atomic mass is 9.98. The highest BCUT2D eigenvalue weighted by atomic mass is 35.5. The van der Waals surface area contributed by atoms with Crippen molar-refractivity contribution in [2.75, 3.05) is 24.7 Å². The van der Waals surface area contributed by atoms with E-state index in [1.54, 1.807) is 6.07 Å². The van der Waals surface area contributed by atoms with Crippen LogP contribution < -0.4 is 20.2 Å². The molecule has 0 bridgehead atoms. The fraction of sp³-hybridized carbons (Fsp3) is 0.421. The first-order chi connectivity index (χ1) is 14.7. The summed E-state index contributed by atoms with van der Waals surface area (Å²) >= 11 is 6.03. The minimum atomic E-state index is -4.00. The maximum absolute atomic E-state index is 13.2. The Morgan fingerprint density at radius 1 is 1.34 bits per heavy atom. The largest absolute Gasteiger partial charge is 0.383 e. The number of pyridine rings is 1. The van der Waals surface area contributed by atoms with Gasteiger partial charge in [0.1, 0.15) is 5.54 Å². The number of carbonyl (C=O) groups is 1. The van der Waals surface area contributed by atoms with Crippen LogP contribution in [0.4, 0.5) is 5.69 Å². The number of hydrogen-bond donors (Lipinski definition) is 4. The highest BCUT2D eigenvalue weighted by Crippen LogP contribution is 2.33. The Hall–Kier alpha value is -2.18. The first-order valence-corrected chi connectivity index (χ1v) is 11.5. The minimum absolute atomic E-state index is 0. The number of amides is 1. The van der Waals surface area contributed by atoms with Crippen LogP contribution >= 0.6 is 24.2 Å². The van der Waals surface area contributed by atoms with Gasteiger partial charge in [-0.2, -0.15) is 4.72 Å². The Labute approximate surface area is 197 Å². The number of hydrogen-bond acceptors (Lipinski definition) is 6. The van der Waals surface area contributed by atoms with Gasteiger partial charge in [0, 0.05) is 42.4 Å². The third-order valence-corrected chi connectivity index (χ3v) is 7.15. The summed E-state index contributed by atoms with van der Waals surface area (Å²) in [7, 11) is -2.47. The summed E-state index contributed by atoms with van der Waals surface area (Å²) in [5.41, 5.74) is 4.60. The van der Waals surface area contributed by atoms with Crippen LogP contribution in [0.25, 0.3) is 10.8 Å². The first-order valence-electron chi connectivity index (χ1n) is 9.69. The second-order valence-corrected chi connectivity index (χ2v) is 9.37. The van der Waals surface area contributed by atoms with Gasteiger partial charge in [-0.1, -0.05) is 18.9 Å². The third kappa shape index (κ3) is 5.41. The molecule has 1 saturated carbocycles. The number of carbonyl (C=O) groups excluding carboxylic acids is 1. The Morgan fingerprint density at radius 3 is 2.66 bits per heavy atom. The average Bonchev–Trinajstić information content (AvgIpc) is 3.21. The number of nitrogens with two attached hydrogens (primary N) is 1. The minimum Gasteiger partial charge on any atom is -0.383 e. The molecule has 0 spiro atoms. The van der Waals surface area contributed by atoms with Crippen molar-refractivity contribution in [2.24, 2.45) is 5.73 Å². The SMILES string of the molecule is COCCNC(=O)C1(NS(=O)(=O)c2ccc3c(N(Cl)C(=N)N)cncc3c2)CCCC1.Cl. The highest BCUT2D eigenvalue weighted by Gasteiger charge is 2.44. The molecule has 1 aromatic heterocycles. The maximum atomic E-state index is 13.2. The number of benzene rings is 1. The Bertz CT molecular complexity index is 1090. The normalized spacial score (nSPS) is 15.2. The Morgan fingerprint density at radius 2 is 2.03 bits per heavy atom. The standard InChI is InChI=1S/C19H25ClN6O4S.ClH/c1-30-9-8-24-17(27)19(6-2-3-7-19)25-31(28,29)14-4-5-15-13(10-14)11-23-12-16(15)26(20)18(21)22;/h4-5,10-12,25H,2-3,6-9H2,1H3,(H3,21,22)(H,24,27);1H. The van der Waals surface area contributed by atoms with Gasteiger partial charge in [0.05, 0.1) is 23.4 Å². The van der Waals surface area contributed by atoms with Gasteiger partial charge in [0.25, 0.3) is 0 Å². The lowest BCUT2D eigenvalue weighted by molar-refractivity contribution is -0.127. The molecule has 5 N–H and O–H groups in total. The zero-order chi connectivity index (χ0) is 22.6. The van der Waals surface area contributed by atoms with E-state index in [0.717, 1.165) is 17.3 Å². The monoisotopic (exact) mass is 504 g/mol. The molecule has 32 heavy (non-hydrogen) atoms. The molecule has 0 radical (unpaired) electrons. The fourth-order valence-electron chi connectivity index (χ4n) is 3.70. The molecule has 1 aliphatic carbocycles. The second kappa shape index (κ2) is 10.6. The van der Waals surface area contributed by atoms with E-state index in [2.05, 4.69) is 15.0 Å². The number of methoxy groups -OCH3 is 1. The van der Waals surface area contributed by atoms with Gasteiger partial charge in [0.2, 0.25) is 21.9 Å². The van der Waals surface area contributed by atoms with Gasteiger partial charge in [-0.05, 0) is 25.0 Å². The predicted molar refractivity (Wildman–Crippen MR) is 126 cm³/mol. The summed E-state index contributed by atoms with van der Waals surface area (Å²) in [6.45, 7) is 0.640. The van der Waals surface area contributed by atoms with Crippen molar-refractivity contribution in [1.29, 1.82) is 5.41 Å². The van der Waals surface area contributed by atoms with Crippen molar-refractivity contribution in [3.05, 3.63) is 30.6 Å². The fourth-order valence-corrected chi connectivity index (χ4v) is 5.29. The van der Waals surface area contributed by atoms with Crippen LogP contribution in [0.1, 0.15) is 25.7 Å². The van der Waals surface area contributed by atoms with E-state index >= 15 is 0 Å². The van der Waals surface area contributed by atoms with Crippen LogP contribution in [0.5, 0.6) is 0 Å². The van der Waals surface area contributed by atoms with Crippen LogP contribution in [0.2, 0.25) is 0 Å². The van der Waals surface area contributed by atoms with Crippen molar-refractivity contribution < 1.29 is 17.9 Å². The molecular weight excluding hydrogens is 479 g/mol. The number of sulfonamides is 1. The molecule has 3 rings (SSSR count). The van der Waals surface area contributed by atoms with Crippen molar-refractivity contribution in [2.45, 2.75) is 36.1 Å². The molecule has 1 aromatic carbocycles. The predicted octanol–water partition coefficient (Wildman–Crippen LogP) is 1.86. The van der Waals surface area contributed by atoms with Gasteiger partial charge < -0.3 is 15.8 Å². The number of nitrogens with zero attached hydrogens (tertiary/aromatic N) is 2. The third-order valence-electron chi connectivity index (χ3n) is 5.26. The van der Waals surface area contributed by atoms with Crippen molar-refractivity contribution in [3.8, 4) is 0 Å². The molecular formula is C19H26Cl2N6O4S. The summed E-state index contributed by atoms with van der Waals surface area (Å²) in [4.78, 5) is 16.8. The molecule has 0 unspecified atom stereocenters. The van der Waals surface area contributed by atoms with E-state index in [0.29, 0.717) is 42.5 Å². The van der Waals surface area contributed by atoms with Crippen LogP contribution in [-0.4, -0.2) is 51.1 Å². The van der Waals surface area contributed by atoms with Gasteiger partial charge in [0.15, 0.2) is 0 Å². The van der Waals surface area contributed by atoms with Crippen LogP contribution in [-0.2, 0) is 19.6 Å². The van der Waals surface area contributed by atoms with Crippen molar-refractivity contribution in [1.82, 2.24) is 15.0 Å². The Balaban J connectivity index is 0.00000363. The topological polar surface area (TPSA) is 150 Å². The number of rotatable bonds is 8. The summed E-state index contributed by atoms with van der Waals surface area (Å²) in [6, 6.07) is 4.44. The lowest BCUT2D eigenvalue weighted by Crippen LogP contribution is -2.57. The lowest BCUT2D eigenvalue weighted by Gasteiger charge is -2.28. The number of anilines is 1. The number of guanidine groups is 1. The van der Waals surface area contributed by atoms with E-state index in [-0.39, 0.29) is 23.2 Å². The molecule has 2 aromatic rings. The number of fused-ring (bicyclic) bond motifs is 1. The molecule has 1 heterocycles. The summed E-state index contributed by atoms with van der Waals surface area (Å²) in [5, 5.41) is 11.3. The quantitative estimate of drug-likeness (QED) is 0.185. The zero-order valence-electron chi connectivity index (χ0n) is 17.4. The molecule has 176 valence electrons. The molecule has 10 nitrogen and oxygen atoms in total. The molecule has 0 atom stereocenters. The zero-order valence-corrected chi connectivity index (χ0v) is 19.8. The van der Waals surface area contributed by atoms with E-state index in [1.165, 1.54) is 31.6 Å². The van der Waals surface area contributed by atoms with Crippen molar-refractivity contribution >= 4 is 62.5 Å². The molecule has 0 saturated heterocycles. The molecule has 1 fully saturated rings. The van der Waals surface area contributed by atoms with Crippen LogP contribution in [0.3, 0.4) is 0 Å². The summed E-state index contributed by atoms with van der Waals surface area (Å²) in [6.07, 6.45) is 5.27. The van der Waals surface area contributed by atoms with Gasteiger partial charge in [-0.25, -0.2) is 12.8 Å².